The first kappa shape index (κ1) is 15.4. The van der Waals surface area contributed by atoms with Gasteiger partial charge in [0.25, 0.3) is 0 Å². The summed E-state index contributed by atoms with van der Waals surface area (Å²) in [4.78, 5) is 0. The molecule has 0 unspecified atom stereocenters. The maximum absolute atomic E-state index is 2.33. The second-order valence-corrected chi connectivity index (χ2v) is 7.57. The Kier molecular flexibility index (Phi) is 3.15. The van der Waals surface area contributed by atoms with Crippen LogP contribution in [0.3, 0.4) is 0 Å². The molecular weight excluding hydrogens is 312 g/mol. The Bertz CT molecular complexity index is 1150. The van der Waals surface area contributed by atoms with Gasteiger partial charge in [0.15, 0.2) is 0 Å². The van der Waals surface area contributed by atoms with Gasteiger partial charge in [-0.1, -0.05) is 60.7 Å². The van der Waals surface area contributed by atoms with Gasteiger partial charge < -0.3 is 0 Å². The molecule has 0 saturated carbocycles. The van der Waals surface area contributed by atoms with E-state index in [0.29, 0.717) is 0 Å². The third-order valence-electron chi connectivity index (χ3n) is 6.18. The van der Waals surface area contributed by atoms with Gasteiger partial charge in [0.2, 0.25) is 0 Å². The molecule has 0 heteroatoms. The summed E-state index contributed by atoms with van der Waals surface area (Å²) >= 11 is 0. The van der Waals surface area contributed by atoms with Gasteiger partial charge in [0.05, 0.1) is 0 Å². The Balaban J connectivity index is 1.92. The Labute approximate surface area is 155 Å². The first-order valence-electron chi connectivity index (χ1n) is 9.31. The molecule has 126 valence electrons. The highest BCUT2D eigenvalue weighted by atomic mass is 14.3. The Morgan fingerprint density at radius 1 is 0.500 bits per heavy atom. The van der Waals surface area contributed by atoms with Crippen LogP contribution in [0.2, 0.25) is 0 Å². The molecule has 1 aliphatic rings. The molecule has 4 aromatic rings. The maximum Gasteiger partial charge on any atom is -0.00201 e. The van der Waals surface area contributed by atoms with Gasteiger partial charge in [-0.15, -0.1) is 0 Å². The van der Waals surface area contributed by atoms with E-state index in [1.54, 1.807) is 0 Å². The second-order valence-electron chi connectivity index (χ2n) is 7.57. The quantitative estimate of drug-likeness (QED) is 0.300. The number of fused-ring (bicyclic) bond motifs is 3. The van der Waals surface area contributed by atoms with E-state index < -0.39 is 0 Å². The third kappa shape index (κ3) is 1.90. The van der Waals surface area contributed by atoms with Gasteiger partial charge in [-0.05, 0) is 94.1 Å². The van der Waals surface area contributed by atoms with E-state index >= 15 is 0 Å². The number of rotatable bonds is 1. The van der Waals surface area contributed by atoms with Crippen molar-refractivity contribution in [2.24, 2.45) is 0 Å². The molecule has 0 atom stereocenters. The molecule has 0 bridgehead atoms. The normalized spacial score (nSPS) is 11.8. The molecule has 0 fully saturated rings. The number of hydrogen-bond acceptors (Lipinski definition) is 0. The average molecular weight is 334 g/mol. The molecule has 0 aromatic heterocycles. The molecule has 0 spiro atoms. The van der Waals surface area contributed by atoms with Crippen LogP contribution in [0.15, 0.2) is 60.7 Å². The zero-order valence-electron chi connectivity index (χ0n) is 15.8. The first-order chi connectivity index (χ1) is 12.6. The predicted molar refractivity (Wildman–Crippen MR) is 113 cm³/mol. The van der Waals surface area contributed by atoms with Crippen LogP contribution in [0.25, 0.3) is 44.2 Å². The van der Waals surface area contributed by atoms with Crippen molar-refractivity contribution in [3.05, 3.63) is 82.9 Å². The molecule has 0 nitrogen and oxygen atoms in total. The van der Waals surface area contributed by atoms with E-state index in [1.807, 2.05) is 0 Å². The van der Waals surface area contributed by atoms with Gasteiger partial charge in [-0.2, -0.15) is 0 Å². The average Bonchev–Trinajstić information content (AvgIpc) is 2.98. The molecule has 0 N–H and O–H groups in total. The smallest absolute Gasteiger partial charge is 0.00201 e. The maximum atomic E-state index is 2.33. The molecule has 0 heterocycles. The van der Waals surface area contributed by atoms with Gasteiger partial charge in [-0.3, -0.25) is 0 Å². The van der Waals surface area contributed by atoms with E-state index in [2.05, 4.69) is 88.4 Å². The topological polar surface area (TPSA) is 0 Å². The Hall–Kier alpha value is -2.86. The zero-order chi connectivity index (χ0) is 18.0. The van der Waals surface area contributed by atoms with Crippen molar-refractivity contribution in [3.8, 4) is 33.4 Å². The third-order valence-corrected chi connectivity index (χ3v) is 6.18. The van der Waals surface area contributed by atoms with Crippen molar-refractivity contribution in [2.75, 3.05) is 0 Å². The number of aryl methyl sites for hydroxylation is 2. The van der Waals surface area contributed by atoms with Crippen molar-refractivity contribution in [3.63, 3.8) is 0 Å². The molecular formula is C26H22. The van der Waals surface area contributed by atoms with Crippen molar-refractivity contribution < 1.29 is 0 Å². The lowest BCUT2D eigenvalue weighted by atomic mass is 9.86. The first-order valence-corrected chi connectivity index (χ1v) is 9.31. The fourth-order valence-corrected chi connectivity index (χ4v) is 4.65. The fourth-order valence-electron chi connectivity index (χ4n) is 4.65. The highest BCUT2D eigenvalue weighted by Gasteiger charge is 2.23. The fraction of sp³-hybridized carbons (Fsp3) is 0.154. The van der Waals surface area contributed by atoms with Crippen molar-refractivity contribution in [1.29, 1.82) is 0 Å². The van der Waals surface area contributed by atoms with E-state index in [4.69, 9.17) is 0 Å². The van der Waals surface area contributed by atoms with Gasteiger partial charge in [0.1, 0.15) is 0 Å². The summed E-state index contributed by atoms with van der Waals surface area (Å²) < 4.78 is 0. The van der Waals surface area contributed by atoms with Crippen LogP contribution in [-0.4, -0.2) is 0 Å². The van der Waals surface area contributed by atoms with E-state index in [1.165, 1.54) is 66.4 Å². The SMILES string of the molecule is Cc1cc(C)c(C)c(-c2ccc3c4c(cccc24)-c2ccccc2-3)c1C. The van der Waals surface area contributed by atoms with Crippen LogP contribution in [0.4, 0.5) is 0 Å². The molecule has 4 aromatic carbocycles. The standard InChI is InChI=1S/C26H22/c1-15-14-16(2)18(4)25(17(15)3)24-13-12-23-20-9-6-5-8-19(20)21-10-7-11-22(24)26(21)23/h5-14H,1-4H3. The van der Waals surface area contributed by atoms with Crippen LogP contribution >= 0.6 is 0 Å². The molecule has 0 aliphatic heterocycles. The molecule has 0 saturated heterocycles. The van der Waals surface area contributed by atoms with Crippen LogP contribution in [0.1, 0.15) is 22.3 Å². The van der Waals surface area contributed by atoms with Gasteiger partial charge >= 0.3 is 0 Å². The molecule has 0 amide bonds. The zero-order valence-corrected chi connectivity index (χ0v) is 15.8. The predicted octanol–water partition coefficient (Wildman–Crippen LogP) is 7.39. The molecule has 1 aliphatic carbocycles. The van der Waals surface area contributed by atoms with Crippen LogP contribution in [0, 0.1) is 27.7 Å². The van der Waals surface area contributed by atoms with E-state index in [0.717, 1.165) is 0 Å². The molecule has 26 heavy (non-hydrogen) atoms. The second kappa shape index (κ2) is 5.32. The Morgan fingerprint density at radius 3 is 1.69 bits per heavy atom. The highest BCUT2D eigenvalue weighted by molar-refractivity contribution is 6.18. The van der Waals surface area contributed by atoms with Gasteiger partial charge in [0, 0.05) is 0 Å². The van der Waals surface area contributed by atoms with E-state index in [-0.39, 0.29) is 0 Å². The monoisotopic (exact) mass is 334 g/mol. The highest BCUT2D eigenvalue weighted by Crippen LogP contribution is 2.49. The number of benzene rings is 4. The minimum Gasteiger partial charge on any atom is -0.0616 e. The summed E-state index contributed by atoms with van der Waals surface area (Å²) in [5.41, 5.74) is 13.8. The minimum atomic E-state index is 1.36. The van der Waals surface area contributed by atoms with Crippen LogP contribution in [0.5, 0.6) is 0 Å². The number of hydrogen-bond donors (Lipinski definition) is 0. The van der Waals surface area contributed by atoms with Crippen LogP contribution < -0.4 is 0 Å². The van der Waals surface area contributed by atoms with Gasteiger partial charge in [-0.25, -0.2) is 0 Å². The van der Waals surface area contributed by atoms with Crippen molar-refractivity contribution in [2.45, 2.75) is 27.7 Å². The molecule has 0 radical (unpaired) electrons. The van der Waals surface area contributed by atoms with Crippen molar-refractivity contribution in [1.82, 2.24) is 0 Å². The summed E-state index contributed by atoms with van der Waals surface area (Å²) in [7, 11) is 0. The largest absolute Gasteiger partial charge is 0.0616 e. The summed E-state index contributed by atoms with van der Waals surface area (Å²) in [6.07, 6.45) is 0. The summed E-state index contributed by atoms with van der Waals surface area (Å²) in [6, 6.07) is 22.5. The van der Waals surface area contributed by atoms with E-state index in [9.17, 15) is 0 Å². The summed E-state index contributed by atoms with van der Waals surface area (Å²) in [5, 5.41) is 2.77. The van der Waals surface area contributed by atoms with Crippen LogP contribution in [-0.2, 0) is 0 Å². The Morgan fingerprint density at radius 2 is 1.04 bits per heavy atom. The summed E-state index contributed by atoms with van der Waals surface area (Å²) in [5.74, 6) is 0. The minimum absolute atomic E-state index is 1.36. The molecule has 5 rings (SSSR count). The lowest BCUT2D eigenvalue weighted by molar-refractivity contribution is 1.25. The summed E-state index contributed by atoms with van der Waals surface area (Å²) in [6.45, 7) is 8.96. The lowest BCUT2D eigenvalue weighted by Gasteiger charge is -2.18. The lowest BCUT2D eigenvalue weighted by Crippen LogP contribution is -1.96. The van der Waals surface area contributed by atoms with Crippen molar-refractivity contribution >= 4 is 10.8 Å².